The van der Waals surface area contributed by atoms with Gasteiger partial charge in [0.05, 0.1) is 12.0 Å². The molecule has 0 aromatic rings. The molecule has 0 bridgehead atoms. The number of hydrogen-bond donors (Lipinski definition) is 2. The Kier molecular flexibility index (Phi) is 10.5. The van der Waals surface area contributed by atoms with Gasteiger partial charge in [-0.15, -0.1) is 0 Å². The summed E-state index contributed by atoms with van der Waals surface area (Å²) in [5.41, 5.74) is 0. The molecule has 1 aliphatic carbocycles. The molecule has 0 heterocycles. The summed E-state index contributed by atoms with van der Waals surface area (Å²) in [6, 6.07) is 0. The number of ketones is 1. The Bertz CT molecular complexity index is 494. The highest BCUT2D eigenvalue weighted by atomic mass is 16.4. The van der Waals surface area contributed by atoms with Crippen LogP contribution < -0.4 is 0 Å². The second-order valence-electron chi connectivity index (χ2n) is 7.80. The Labute approximate surface area is 158 Å². The standard InChI is InChI=1S/C22H36O4/c1-4-9-16(2)20(23)13-8-11-18-14-15-21(24)19(18)12-7-5-6-10-17(3)22(25)26/h5,7-8,11,16-20,23H,4,6,9-10,12-15H2,1-3H3,(H,25,26)/t16?,17?,18-,19+,20?/m0/s1. The zero-order valence-corrected chi connectivity index (χ0v) is 16.6. The van der Waals surface area contributed by atoms with Crippen molar-refractivity contribution in [1.82, 2.24) is 0 Å². The van der Waals surface area contributed by atoms with E-state index in [1.54, 1.807) is 6.92 Å². The summed E-state index contributed by atoms with van der Waals surface area (Å²) >= 11 is 0. The molecular weight excluding hydrogens is 328 g/mol. The molecule has 0 radical (unpaired) electrons. The molecule has 1 fully saturated rings. The molecule has 5 atom stereocenters. The number of carboxylic acids is 1. The van der Waals surface area contributed by atoms with Crippen LogP contribution in [0.25, 0.3) is 0 Å². The number of aliphatic hydroxyl groups is 1. The van der Waals surface area contributed by atoms with Gasteiger partial charge in [0, 0.05) is 12.3 Å². The van der Waals surface area contributed by atoms with E-state index in [1.165, 1.54) is 0 Å². The van der Waals surface area contributed by atoms with Gasteiger partial charge in [-0.2, -0.15) is 0 Å². The van der Waals surface area contributed by atoms with E-state index in [1.807, 2.05) is 18.2 Å². The van der Waals surface area contributed by atoms with Crippen LogP contribution in [0.3, 0.4) is 0 Å². The van der Waals surface area contributed by atoms with Crippen molar-refractivity contribution in [3.63, 3.8) is 0 Å². The van der Waals surface area contributed by atoms with Crippen LogP contribution in [-0.4, -0.2) is 28.1 Å². The van der Waals surface area contributed by atoms with Crippen molar-refractivity contribution < 1.29 is 19.8 Å². The monoisotopic (exact) mass is 364 g/mol. The quantitative estimate of drug-likeness (QED) is 0.489. The average molecular weight is 365 g/mol. The first-order chi connectivity index (χ1) is 12.4. The lowest BCUT2D eigenvalue weighted by atomic mass is 9.90. The summed E-state index contributed by atoms with van der Waals surface area (Å²) in [4.78, 5) is 22.9. The fourth-order valence-electron chi connectivity index (χ4n) is 3.57. The van der Waals surface area contributed by atoms with E-state index < -0.39 is 5.97 Å². The third-order valence-corrected chi connectivity index (χ3v) is 5.56. The number of carboxylic acid groups (broad SMARTS) is 1. The second-order valence-corrected chi connectivity index (χ2v) is 7.80. The molecule has 3 unspecified atom stereocenters. The number of rotatable bonds is 12. The van der Waals surface area contributed by atoms with Crippen LogP contribution in [0.4, 0.5) is 0 Å². The number of hydrogen-bond acceptors (Lipinski definition) is 3. The maximum absolute atomic E-state index is 12.1. The first kappa shape index (κ1) is 22.6. The van der Waals surface area contributed by atoms with E-state index in [4.69, 9.17) is 5.11 Å². The van der Waals surface area contributed by atoms with Gasteiger partial charge in [0.2, 0.25) is 0 Å². The van der Waals surface area contributed by atoms with E-state index >= 15 is 0 Å². The third kappa shape index (κ3) is 7.86. The van der Waals surface area contributed by atoms with Gasteiger partial charge >= 0.3 is 5.97 Å². The summed E-state index contributed by atoms with van der Waals surface area (Å²) in [5, 5.41) is 19.0. The van der Waals surface area contributed by atoms with Crippen molar-refractivity contribution in [1.29, 1.82) is 0 Å². The topological polar surface area (TPSA) is 74.6 Å². The van der Waals surface area contributed by atoms with Crippen LogP contribution in [0.2, 0.25) is 0 Å². The molecule has 0 aromatic carbocycles. The van der Waals surface area contributed by atoms with E-state index in [9.17, 15) is 14.7 Å². The highest BCUT2D eigenvalue weighted by Crippen LogP contribution is 2.33. The van der Waals surface area contributed by atoms with Crippen molar-refractivity contribution >= 4 is 11.8 Å². The SMILES string of the molecule is CCCC(C)C(O)CC=C[C@H]1CCC(=O)[C@@H]1CC=CCCC(C)C(=O)O. The molecule has 1 aliphatic rings. The summed E-state index contributed by atoms with van der Waals surface area (Å²) in [5.74, 6) is -0.164. The number of aliphatic carboxylic acids is 1. The minimum Gasteiger partial charge on any atom is -0.481 e. The molecule has 0 aromatic heterocycles. The maximum Gasteiger partial charge on any atom is 0.306 e. The van der Waals surface area contributed by atoms with Crippen LogP contribution in [-0.2, 0) is 9.59 Å². The van der Waals surface area contributed by atoms with Crippen molar-refractivity contribution in [2.24, 2.45) is 23.7 Å². The Morgan fingerprint density at radius 1 is 1.23 bits per heavy atom. The predicted octanol–water partition coefficient (Wildman–Crippen LogP) is 4.77. The van der Waals surface area contributed by atoms with Gasteiger partial charge in [-0.25, -0.2) is 0 Å². The molecule has 1 saturated carbocycles. The molecule has 26 heavy (non-hydrogen) atoms. The number of carbonyl (C=O) groups is 2. The molecule has 1 rings (SSSR count). The van der Waals surface area contributed by atoms with Crippen molar-refractivity contribution in [2.45, 2.75) is 78.2 Å². The molecule has 4 nitrogen and oxygen atoms in total. The lowest BCUT2D eigenvalue weighted by Gasteiger charge is -2.17. The second kappa shape index (κ2) is 12.1. The summed E-state index contributed by atoms with van der Waals surface area (Å²) < 4.78 is 0. The van der Waals surface area contributed by atoms with E-state index in [0.29, 0.717) is 31.0 Å². The van der Waals surface area contributed by atoms with Crippen molar-refractivity contribution in [3.05, 3.63) is 24.3 Å². The molecule has 0 amide bonds. The zero-order valence-electron chi connectivity index (χ0n) is 16.6. The number of Topliss-reactive ketones (excluding diaryl/α,β-unsaturated/α-hetero) is 1. The zero-order chi connectivity index (χ0) is 19.5. The van der Waals surface area contributed by atoms with Gasteiger partial charge in [-0.1, -0.05) is 51.5 Å². The Morgan fingerprint density at radius 2 is 1.96 bits per heavy atom. The molecule has 148 valence electrons. The normalized spacial score (nSPS) is 24.4. The van der Waals surface area contributed by atoms with Gasteiger partial charge < -0.3 is 10.2 Å². The number of allylic oxidation sites excluding steroid dienone is 3. The van der Waals surface area contributed by atoms with Gasteiger partial charge in [-0.05, 0) is 50.4 Å². The molecule has 0 spiro atoms. The molecular formula is C22H36O4. The lowest BCUT2D eigenvalue weighted by molar-refractivity contribution is -0.141. The summed E-state index contributed by atoms with van der Waals surface area (Å²) in [6.45, 7) is 5.93. The van der Waals surface area contributed by atoms with Gasteiger partial charge in [0.1, 0.15) is 5.78 Å². The minimum atomic E-state index is -0.759. The average Bonchev–Trinajstić information content (AvgIpc) is 2.94. The number of aliphatic hydroxyl groups excluding tert-OH is 1. The fourth-order valence-corrected chi connectivity index (χ4v) is 3.57. The predicted molar refractivity (Wildman–Crippen MR) is 105 cm³/mol. The van der Waals surface area contributed by atoms with Crippen LogP contribution in [0, 0.1) is 23.7 Å². The first-order valence-electron chi connectivity index (χ1n) is 10.1. The fraction of sp³-hybridized carbons (Fsp3) is 0.727. The smallest absolute Gasteiger partial charge is 0.306 e. The van der Waals surface area contributed by atoms with E-state index in [-0.39, 0.29) is 23.9 Å². The molecule has 2 N–H and O–H groups in total. The summed E-state index contributed by atoms with van der Waals surface area (Å²) in [6.07, 6.45) is 14.3. The Balaban J connectivity index is 2.42. The number of carbonyl (C=O) groups excluding carboxylic acids is 1. The van der Waals surface area contributed by atoms with E-state index in [0.717, 1.165) is 32.1 Å². The Hall–Kier alpha value is -1.42. The molecule has 0 aliphatic heterocycles. The van der Waals surface area contributed by atoms with Crippen molar-refractivity contribution in [2.75, 3.05) is 0 Å². The Morgan fingerprint density at radius 3 is 2.62 bits per heavy atom. The van der Waals surface area contributed by atoms with E-state index in [2.05, 4.69) is 19.9 Å². The lowest BCUT2D eigenvalue weighted by Crippen LogP contribution is -2.16. The largest absolute Gasteiger partial charge is 0.481 e. The minimum absolute atomic E-state index is 0.0320. The molecule has 0 saturated heterocycles. The van der Waals surface area contributed by atoms with Crippen LogP contribution in [0.15, 0.2) is 24.3 Å². The van der Waals surface area contributed by atoms with Crippen molar-refractivity contribution in [3.8, 4) is 0 Å². The van der Waals surface area contributed by atoms with Gasteiger partial charge in [-0.3, -0.25) is 9.59 Å². The van der Waals surface area contributed by atoms with Gasteiger partial charge in [0.25, 0.3) is 0 Å². The highest BCUT2D eigenvalue weighted by molar-refractivity contribution is 5.83. The first-order valence-corrected chi connectivity index (χ1v) is 10.1. The van der Waals surface area contributed by atoms with Crippen LogP contribution in [0.1, 0.15) is 72.1 Å². The summed E-state index contributed by atoms with van der Waals surface area (Å²) in [7, 11) is 0. The van der Waals surface area contributed by atoms with Gasteiger partial charge in [0.15, 0.2) is 0 Å². The molecule has 4 heteroatoms. The van der Waals surface area contributed by atoms with Crippen LogP contribution in [0.5, 0.6) is 0 Å². The maximum atomic E-state index is 12.1. The highest BCUT2D eigenvalue weighted by Gasteiger charge is 2.31. The third-order valence-electron chi connectivity index (χ3n) is 5.56. The van der Waals surface area contributed by atoms with Crippen LogP contribution >= 0.6 is 0 Å².